The van der Waals surface area contributed by atoms with E-state index in [1.165, 1.54) is 0 Å². The smallest absolute Gasteiger partial charge is 0.119 e. The summed E-state index contributed by atoms with van der Waals surface area (Å²) in [6, 6.07) is 29.6. The fraction of sp³-hybridized carbons (Fsp3) is 0.120. The lowest BCUT2D eigenvalue weighted by atomic mass is 9.96. The topological polar surface area (TPSA) is 29.5 Å². The van der Waals surface area contributed by atoms with E-state index in [9.17, 15) is 5.11 Å². The Balaban J connectivity index is 1.72. The number of aliphatic hydroxyl groups is 1. The molecule has 0 fully saturated rings. The largest absolute Gasteiger partial charge is 0.493 e. The van der Waals surface area contributed by atoms with Gasteiger partial charge in [-0.3, -0.25) is 0 Å². The lowest BCUT2D eigenvalue weighted by Crippen LogP contribution is -2.25. The Morgan fingerprint density at radius 1 is 0.667 bits per heavy atom. The van der Waals surface area contributed by atoms with Gasteiger partial charge in [-0.15, -0.1) is 0 Å². The Bertz CT molecular complexity index is 803. The minimum absolute atomic E-state index is 0.415. The van der Waals surface area contributed by atoms with E-state index in [4.69, 9.17) is 4.74 Å². The molecule has 0 aliphatic rings. The number of ether oxygens (including phenoxy) is 1. The zero-order chi connectivity index (χ0) is 18.8. The van der Waals surface area contributed by atoms with Gasteiger partial charge >= 0.3 is 0 Å². The van der Waals surface area contributed by atoms with Crippen LogP contribution in [-0.2, 0) is 0 Å². The molecule has 0 aliphatic carbocycles. The number of benzene rings is 3. The van der Waals surface area contributed by atoms with Gasteiger partial charge in [-0.2, -0.15) is 0 Å². The average molecular weight is 356 g/mol. The number of para-hydroxylation sites is 1. The van der Waals surface area contributed by atoms with Crippen LogP contribution in [-0.4, -0.2) is 17.3 Å². The molecular formula is C25H24O2. The molecule has 0 atom stereocenters. The molecule has 1 N–H and O–H groups in total. The van der Waals surface area contributed by atoms with Gasteiger partial charge in [0.05, 0.1) is 6.61 Å². The van der Waals surface area contributed by atoms with Crippen molar-refractivity contribution in [1.82, 2.24) is 0 Å². The van der Waals surface area contributed by atoms with Gasteiger partial charge < -0.3 is 9.84 Å². The van der Waals surface area contributed by atoms with Crippen LogP contribution in [0.15, 0.2) is 103 Å². The molecule has 0 aliphatic heterocycles. The first-order valence-corrected chi connectivity index (χ1v) is 9.12. The van der Waals surface area contributed by atoms with Crippen molar-refractivity contribution < 1.29 is 9.84 Å². The molecule has 0 radical (unpaired) electrons. The molecule has 0 heterocycles. The predicted octanol–water partition coefficient (Wildman–Crippen LogP) is 5.61. The highest BCUT2D eigenvalue weighted by Crippen LogP contribution is 2.20. The van der Waals surface area contributed by atoms with Gasteiger partial charge in [0.25, 0.3) is 0 Å². The second-order valence-electron chi connectivity index (χ2n) is 6.39. The number of rotatable bonds is 8. The lowest BCUT2D eigenvalue weighted by molar-refractivity contribution is 0.112. The van der Waals surface area contributed by atoms with Gasteiger partial charge in [-0.25, -0.2) is 0 Å². The zero-order valence-corrected chi connectivity index (χ0v) is 15.2. The zero-order valence-electron chi connectivity index (χ0n) is 15.2. The van der Waals surface area contributed by atoms with E-state index in [0.29, 0.717) is 13.0 Å². The quantitative estimate of drug-likeness (QED) is 0.568. The van der Waals surface area contributed by atoms with E-state index in [2.05, 4.69) is 0 Å². The normalized spacial score (nSPS) is 13.7. The molecule has 0 unspecified atom stereocenters. The summed E-state index contributed by atoms with van der Waals surface area (Å²) in [4.78, 5) is 0. The van der Waals surface area contributed by atoms with Crippen molar-refractivity contribution in [1.29, 1.82) is 0 Å². The summed E-state index contributed by atoms with van der Waals surface area (Å²) >= 11 is 0. The molecule has 0 spiro atoms. The van der Waals surface area contributed by atoms with Crippen LogP contribution in [0.3, 0.4) is 0 Å². The van der Waals surface area contributed by atoms with E-state index in [1.807, 2.05) is 115 Å². The highest BCUT2D eigenvalue weighted by atomic mass is 16.5. The molecule has 0 saturated heterocycles. The van der Waals surface area contributed by atoms with Crippen LogP contribution in [0.4, 0.5) is 0 Å². The monoisotopic (exact) mass is 356 g/mol. The molecule has 3 aromatic carbocycles. The van der Waals surface area contributed by atoms with Crippen molar-refractivity contribution in [2.24, 2.45) is 0 Å². The average Bonchev–Trinajstić information content (AvgIpc) is 2.73. The SMILES string of the molecule is OC(C=Cc1ccccc1)(C=Cc1ccccc1)CCOc1ccccc1. The van der Waals surface area contributed by atoms with Gasteiger partial charge in [-0.05, 0) is 35.4 Å². The molecule has 2 nitrogen and oxygen atoms in total. The second-order valence-corrected chi connectivity index (χ2v) is 6.39. The minimum atomic E-state index is -1.10. The summed E-state index contributed by atoms with van der Waals surface area (Å²) in [5, 5.41) is 11.2. The van der Waals surface area contributed by atoms with Gasteiger partial charge in [-0.1, -0.05) is 91.0 Å². The van der Waals surface area contributed by atoms with E-state index < -0.39 is 5.60 Å². The van der Waals surface area contributed by atoms with Crippen LogP contribution in [0.5, 0.6) is 5.75 Å². The third-order valence-electron chi connectivity index (χ3n) is 4.24. The molecule has 0 saturated carbocycles. The third kappa shape index (κ3) is 6.28. The van der Waals surface area contributed by atoms with Crippen LogP contribution >= 0.6 is 0 Å². The Kier molecular flexibility index (Phi) is 6.61. The maximum Gasteiger partial charge on any atom is 0.119 e. The van der Waals surface area contributed by atoms with Gasteiger partial charge in [0, 0.05) is 6.42 Å². The van der Waals surface area contributed by atoms with E-state index in [-0.39, 0.29) is 0 Å². The van der Waals surface area contributed by atoms with Crippen LogP contribution in [0.2, 0.25) is 0 Å². The molecule has 0 bridgehead atoms. The van der Waals surface area contributed by atoms with E-state index >= 15 is 0 Å². The Labute approximate surface area is 161 Å². The summed E-state index contributed by atoms with van der Waals surface area (Å²) in [6.45, 7) is 0.415. The van der Waals surface area contributed by atoms with Crippen LogP contribution in [0, 0.1) is 0 Å². The fourth-order valence-corrected chi connectivity index (χ4v) is 2.68. The molecule has 2 heteroatoms. The first-order chi connectivity index (χ1) is 13.2. The molecule has 3 rings (SSSR count). The molecule has 27 heavy (non-hydrogen) atoms. The van der Waals surface area contributed by atoms with Crippen molar-refractivity contribution in [3.8, 4) is 5.75 Å². The Morgan fingerprint density at radius 3 is 1.59 bits per heavy atom. The maximum atomic E-state index is 11.2. The summed E-state index contributed by atoms with van der Waals surface area (Å²) in [5.74, 6) is 0.805. The van der Waals surface area contributed by atoms with Crippen molar-refractivity contribution in [3.63, 3.8) is 0 Å². The van der Waals surface area contributed by atoms with Gasteiger partial charge in [0.2, 0.25) is 0 Å². The second kappa shape index (κ2) is 9.56. The lowest BCUT2D eigenvalue weighted by Gasteiger charge is -2.21. The van der Waals surface area contributed by atoms with Crippen LogP contribution in [0.1, 0.15) is 17.5 Å². The Hall–Kier alpha value is -3.10. The molecule has 3 aromatic rings. The first-order valence-electron chi connectivity index (χ1n) is 9.12. The van der Waals surface area contributed by atoms with E-state index in [1.54, 1.807) is 0 Å². The van der Waals surface area contributed by atoms with Crippen molar-refractivity contribution in [3.05, 3.63) is 114 Å². The van der Waals surface area contributed by atoms with Crippen molar-refractivity contribution >= 4 is 12.2 Å². The van der Waals surface area contributed by atoms with E-state index in [0.717, 1.165) is 16.9 Å². The fourth-order valence-electron chi connectivity index (χ4n) is 2.68. The number of hydrogen-bond donors (Lipinski definition) is 1. The minimum Gasteiger partial charge on any atom is -0.493 e. The molecule has 0 aromatic heterocycles. The van der Waals surface area contributed by atoms with Gasteiger partial charge in [0.15, 0.2) is 0 Å². The molecule has 136 valence electrons. The highest BCUT2D eigenvalue weighted by molar-refractivity contribution is 5.55. The third-order valence-corrected chi connectivity index (χ3v) is 4.24. The highest BCUT2D eigenvalue weighted by Gasteiger charge is 2.20. The van der Waals surface area contributed by atoms with Crippen LogP contribution in [0.25, 0.3) is 12.2 Å². The van der Waals surface area contributed by atoms with Crippen molar-refractivity contribution in [2.75, 3.05) is 6.61 Å². The van der Waals surface area contributed by atoms with Gasteiger partial charge in [0.1, 0.15) is 11.4 Å². The number of hydrogen-bond acceptors (Lipinski definition) is 2. The standard InChI is InChI=1S/C25H24O2/c26-25(18-16-22-10-4-1-5-11-22,19-17-23-12-6-2-7-13-23)20-21-27-24-14-8-3-9-15-24/h1-19,26H,20-21H2. The summed E-state index contributed by atoms with van der Waals surface area (Å²) in [7, 11) is 0. The van der Waals surface area contributed by atoms with Crippen LogP contribution < -0.4 is 4.74 Å². The van der Waals surface area contributed by atoms with Crippen molar-refractivity contribution in [2.45, 2.75) is 12.0 Å². The molecule has 0 amide bonds. The maximum absolute atomic E-state index is 11.2. The summed E-state index contributed by atoms with van der Waals surface area (Å²) < 4.78 is 5.78. The predicted molar refractivity (Wildman–Crippen MR) is 112 cm³/mol. The Morgan fingerprint density at radius 2 is 1.11 bits per heavy atom. The summed E-state index contributed by atoms with van der Waals surface area (Å²) in [6.07, 6.45) is 8.00. The summed E-state index contributed by atoms with van der Waals surface area (Å²) in [5.41, 5.74) is 1.00. The molecular weight excluding hydrogens is 332 g/mol. The first kappa shape index (κ1) is 18.7.